The molecule has 0 spiro atoms. The molecule has 0 unspecified atom stereocenters. The van der Waals surface area contributed by atoms with Gasteiger partial charge in [-0.25, -0.2) is 4.79 Å². The van der Waals surface area contributed by atoms with Gasteiger partial charge >= 0.3 is 5.97 Å². The molecule has 6 heteroatoms. The highest BCUT2D eigenvalue weighted by Gasteiger charge is 2.17. The Morgan fingerprint density at radius 3 is 2.43 bits per heavy atom. The second-order valence-electron chi connectivity index (χ2n) is 5.68. The van der Waals surface area contributed by atoms with Crippen LogP contribution in [0.15, 0.2) is 76.7 Å². The molecule has 28 heavy (non-hydrogen) atoms. The zero-order valence-electron chi connectivity index (χ0n) is 15.6. The van der Waals surface area contributed by atoms with Gasteiger partial charge in [-0.15, -0.1) is 0 Å². The van der Waals surface area contributed by atoms with Gasteiger partial charge in [-0.1, -0.05) is 59.8 Å². The first-order chi connectivity index (χ1) is 13.5. The third-order valence-electron chi connectivity index (χ3n) is 3.59. The Morgan fingerprint density at radius 2 is 1.82 bits per heavy atom. The predicted molar refractivity (Wildman–Crippen MR) is 112 cm³/mol. The van der Waals surface area contributed by atoms with E-state index in [0.29, 0.717) is 16.3 Å². The molecule has 0 atom stereocenters. The van der Waals surface area contributed by atoms with Gasteiger partial charge in [0.1, 0.15) is 11.1 Å². The van der Waals surface area contributed by atoms with Crippen molar-refractivity contribution in [3.05, 3.63) is 87.8 Å². The number of nitrogens with one attached hydrogen (secondary N) is 1. The summed E-state index contributed by atoms with van der Waals surface area (Å²) < 4.78 is 4.96. The third-order valence-corrected chi connectivity index (χ3v) is 4.41. The molecular weight excluding hydrogens is 372 g/mol. The van der Waals surface area contributed by atoms with Gasteiger partial charge in [-0.2, -0.15) is 5.26 Å². The minimum atomic E-state index is -0.714. The summed E-state index contributed by atoms with van der Waals surface area (Å²) in [6, 6.07) is 18.3. The molecule has 0 aliphatic heterocycles. The van der Waals surface area contributed by atoms with E-state index in [1.807, 2.05) is 55.5 Å². The molecule has 0 bridgehead atoms. The quantitative estimate of drug-likeness (QED) is 0.300. The molecule has 0 aromatic heterocycles. The Labute approximate surface area is 168 Å². The topological polar surface area (TPSA) is 79.2 Å². The van der Waals surface area contributed by atoms with E-state index >= 15 is 0 Å². The van der Waals surface area contributed by atoms with Crippen molar-refractivity contribution in [2.24, 2.45) is 0 Å². The van der Waals surface area contributed by atoms with Crippen LogP contribution in [-0.2, 0) is 9.53 Å². The molecule has 0 saturated carbocycles. The fourth-order valence-corrected chi connectivity index (χ4v) is 2.93. The number of allylic oxidation sites excluding steroid dienone is 1. The van der Waals surface area contributed by atoms with Gasteiger partial charge in [0.25, 0.3) is 0 Å². The zero-order chi connectivity index (χ0) is 20.4. The summed E-state index contributed by atoms with van der Waals surface area (Å²) in [5.74, 6) is -0.879. The molecule has 0 saturated heterocycles. The number of aryl methyl sites for hydroxylation is 1. The predicted octanol–water partition coefficient (Wildman–Crippen LogP) is 4.84. The van der Waals surface area contributed by atoms with Crippen LogP contribution in [0.3, 0.4) is 0 Å². The lowest BCUT2D eigenvalue weighted by Crippen LogP contribution is -2.11. The summed E-state index contributed by atoms with van der Waals surface area (Å²) in [7, 11) is 0. The average molecular weight is 392 g/mol. The van der Waals surface area contributed by atoms with Gasteiger partial charge in [0.05, 0.1) is 6.61 Å². The van der Waals surface area contributed by atoms with Crippen LogP contribution in [0.5, 0.6) is 0 Å². The van der Waals surface area contributed by atoms with Crippen LogP contribution in [0.25, 0.3) is 0 Å². The number of ketones is 1. The van der Waals surface area contributed by atoms with Gasteiger partial charge in [-0.05, 0) is 37.5 Å². The number of thioether (sulfide) groups is 1. The minimum Gasteiger partial charge on any atom is -0.462 e. The fraction of sp³-hybridized carbons (Fsp3) is 0.136. The summed E-state index contributed by atoms with van der Waals surface area (Å²) >= 11 is 1.07. The van der Waals surface area contributed by atoms with Crippen molar-refractivity contribution in [1.82, 2.24) is 0 Å². The first-order valence-corrected chi connectivity index (χ1v) is 9.51. The lowest BCUT2D eigenvalue weighted by Gasteiger charge is -2.11. The standard InChI is InChI=1S/C22H20N2O3S/c1-3-27-22(26)19(15-23)21(24-18-7-5-4-6-8-18)28-14-13-20(25)17-11-9-16(2)10-12-17/h4-14,24H,3H2,1-2H3/b14-13+,21-19+. The maximum absolute atomic E-state index is 12.3. The number of rotatable bonds is 8. The summed E-state index contributed by atoms with van der Waals surface area (Å²) in [5.41, 5.74) is 2.19. The van der Waals surface area contributed by atoms with Crippen LogP contribution in [0.1, 0.15) is 22.8 Å². The number of hydrogen-bond acceptors (Lipinski definition) is 6. The Bertz CT molecular complexity index is 927. The highest BCUT2D eigenvalue weighted by atomic mass is 32.2. The number of nitriles is 1. The fourth-order valence-electron chi connectivity index (χ4n) is 2.17. The van der Waals surface area contributed by atoms with Crippen LogP contribution in [0.2, 0.25) is 0 Å². The first kappa shape index (κ1) is 21.0. The van der Waals surface area contributed by atoms with E-state index < -0.39 is 5.97 Å². The second kappa shape index (κ2) is 10.8. The van der Waals surface area contributed by atoms with Crippen molar-refractivity contribution in [2.45, 2.75) is 13.8 Å². The van der Waals surface area contributed by atoms with Crippen LogP contribution in [-0.4, -0.2) is 18.4 Å². The molecule has 0 aliphatic carbocycles. The molecular formula is C22H20N2O3S. The molecule has 0 aliphatic rings. The number of para-hydroxylation sites is 1. The Balaban J connectivity index is 2.23. The number of anilines is 1. The number of nitrogens with zero attached hydrogens (tertiary/aromatic N) is 1. The van der Waals surface area contributed by atoms with Crippen LogP contribution >= 0.6 is 11.8 Å². The van der Waals surface area contributed by atoms with Gasteiger partial charge in [0.2, 0.25) is 0 Å². The summed E-state index contributed by atoms with van der Waals surface area (Å²) in [5, 5.41) is 14.3. The highest BCUT2D eigenvalue weighted by Crippen LogP contribution is 2.24. The maximum Gasteiger partial charge on any atom is 0.351 e. The number of carbonyl (C=O) groups excluding carboxylic acids is 2. The maximum atomic E-state index is 12.3. The van der Waals surface area contributed by atoms with E-state index in [4.69, 9.17) is 4.74 Å². The molecule has 2 rings (SSSR count). The van der Waals surface area contributed by atoms with Crippen molar-refractivity contribution >= 4 is 29.2 Å². The van der Waals surface area contributed by atoms with Crippen LogP contribution < -0.4 is 5.32 Å². The molecule has 0 amide bonds. The van der Waals surface area contributed by atoms with E-state index in [1.54, 1.807) is 24.5 Å². The summed E-state index contributed by atoms with van der Waals surface area (Å²) in [6.45, 7) is 3.78. The van der Waals surface area contributed by atoms with Crippen LogP contribution in [0, 0.1) is 18.3 Å². The highest BCUT2D eigenvalue weighted by molar-refractivity contribution is 8.06. The van der Waals surface area contributed by atoms with Crippen molar-refractivity contribution in [2.75, 3.05) is 11.9 Å². The Hall–Kier alpha value is -3.30. The van der Waals surface area contributed by atoms with E-state index in [2.05, 4.69) is 5.32 Å². The third kappa shape index (κ3) is 6.15. The molecule has 2 aromatic rings. The van der Waals surface area contributed by atoms with Gasteiger partial charge in [-0.3, -0.25) is 4.79 Å². The van der Waals surface area contributed by atoms with E-state index in [0.717, 1.165) is 17.3 Å². The number of carbonyl (C=O) groups is 2. The van der Waals surface area contributed by atoms with E-state index in [9.17, 15) is 14.9 Å². The smallest absolute Gasteiger partial charge is 0.351 e. The Kier molecular flexibility index (Phi) is 8.07. The van der Waals surface area contributed by atoms with Gasteiger partial charge < -0.3 is 10.1 Å². The number of esters is 1. The second-order valence-corrected chi connectivity index (χ2v) is 6.59. The van der Waals surface area contributed by atoms with Crippen molar-refractivity contribution < 1.29 is 14.3 Å². The summed E-state index contributed by atoms with van der Waals surface area (Å²) in [4.78, 5) is 24.4. The molecule has 0 heterocycles. The Morgan fingerprint density at radius 1 is 1.14 bits per heavy atom. The van der Waals surface area contributed by atoms with Crippen molar-refractivity contribution in [1.29, 1.82) is 5.26 Å². The average Bonchev–Trinajstić information content (AvgIpc) is 2.70. The van der Waals surface area contributed by atoms with Gasteiger partial charge in [0, 0.05) is 11.3 Å². The monoisotopic (exact) mass is 392 g/mol. The number of ether oxygens (including phenoxy) is 1. The summed E-state index contributed by atoms with van der Waals surface area (Å²) in [6.07, 6.45) is 1.40. The lowest BCUT2D eigenvalue weighted by molar-refractivity contribution is -0.138. The first-order valence-electron chi connectivity index (χ1n) is 8.63. The molecule has 1 N–H and O–H groups in total. The minimum absolute atomic E-state index is 0.150. The van der Waals surface area contributed by atoms with Crippen LogP contribution in [0.4, 0.5) is 5.69 Å². The SMILES string of the molecule is CCOC(=O)/C(C#N)=C(\Nc1ccccc1)S/C=C/C(=O)c1ccc(C)cc1. The van der Waals surface area contributed by atoms with E-state index in [-0.39, 0.29) is 18.0 Å². The lowest BCUT2D eigenvalue weighted by atomic mass is 10.1. The van der Waals surface area contributed by atoms with E-state index in [1.165, 1.54) is 6.08 Å². The molecule has 0 radical (unpaired) electrons. The molecule has 142 valence electrons. The zero-order valence-corrected chi connectivity index (χ0v) is 16.5. The van der Waals surface area contributed by atoms with Crippen molar-refractivity contribution in [3.63, 3.8) is 0 Å². The molecule has 2 aromatic carbocycles. The van der Waals surface area contributed by atoms with Crippen molar-refractivity contribution in [3.8, 4) is 6.07 Å². The number of hydrogen-bond donors (Lipinski definition) is 1. The normalized spacial score (nSPS) is 11.5. The number of benzene rings is 2. The van der Waals surface area contributed by atoms with Gasteiger partial charge in [0.15, 0.2) is 11.4 Å². The molecule has 5 nitrogen and oxygen atoms in total. The largest absolute Gasteiger partial charge is 0.462 e. The molecule has 0 fully saturated rings.